The summed E-state index contributed by atoms with van der Waals surface area (Å²) in [7, 11) is 0. The maximum atomic E-state index is 12.6. The summed E-state index contributed by atoms with van der Waals surface area (Å²) in [5, 5.41) is 8.03. The SMILES string of the molecule is CC#CCN1CC[C@H](OC(=O)N2CCC(Nc3nc(C)nc4c(C(C)C)cnn34)CC2)C1. The van der Waals surface area contributed by atoms with Gasteiger partial charge in [-0.15, -0.1) is 5.92 Å². The summed E-state index contributed by atoms with van der Waals surface area (Å²) < 4.78 is 7.54. The van der Waals surface area contributed by atoms with Crippen LogP contribution in [-0.2, 0) is 4.74 Å². The lowest BCUT2D eigenvalue weighted by Gasteiger charge is -2.32. The first kappa shape index (κ1) is 22.3. The second-order valence-electron chi connectivity index (χ2n) is 8.95. The number of anilines is 1. The third-order valence-corrected chi connectivity index (χ3v) is 6.19. The van der Waals surface area contributed by atoms with E-state index in [-0.39, 0.29) is 18.2 Å². The summed E-state index contributed by atoms with van der Waals surface area (Å²) in [6.07, 6.45) is 4.17. The topological polar surface area (TPSA) is 87.9 Å². The first-order valence-electron chi connectivity index (χ1n) is 11.5. The van der Waals surface area contributed by atoms with Crippen molar-refractivity contribution in [3.8, 4) is 11.8 Å². The maximum absolute atomic E-state index is 12.6. The number of rotatable bonds is 5. The fraction of sp³-hybridized carbons (Fsp3) is 0.652. The van der Waals surface area contributed by atoms with Gasteiger partial charge in [0.25, 0.3) is 0 Å². The van der Waals surface area contributed by atoms with E-state index in [2.05, 4.69) is 51.0 Å². The van der Waals surface area contributed by atoms with Crippen molar-refractivity contribution in [2.45, 2.75) is 65.0 Å². The number of carbonyl (C=O) groups is 1. The lowest BCUT2D eigenvalue weighted by Crippen LogP contribution is -2.44. The maximum Gasteiger partial charge on any atom is 0.410 e. The van der Waals surface area contributed by atoms with E-state index in [1.165, 1.54) is 0 Å². The Labute approximate surface area is 189 Å². The average Bonchev–Trinajstić information content (AvgIpc) is 3.39. The molecule has 1 atom stereocenters. The molecule has 0 saturated carbocycles. The normalized spacial score (nSPS) is 19.9. The molecule has 2 saturated heterocycles. The number of hydrogen-bond acceptors (Lipinski definition) is 7. The second kappa shape index (κ2) is 9.74. The highest BCUT2D eigenvalue weighted by atomic mass is 16.6. The van der Waals surface area contributed by atoms with Crippen LogP contribution in [0.3, 0.4) is 0 Å². The third-order valence-electron chi connectivity index (χ3n) is 6.19. The van der Waals surface area contributed by atoms with Crippen LogP contribution >= 0.6 is 0 Å². The smallest absolute Gasteiger partial charge is 0.410 e. The van der Waals surface area contributed by atoms with Gasteiger partial charge in [0.2, 0.25) is 5.95 Å². The largest absolute Gasteiger partial charge is 0.445 e. The Kier molecular flexibility index (Phi) is 6.80. The summed E-state index contributed by atoms with van der Waals surface area (Å²) in [5.41, 5.74) is 1.97. The number of nitrogens with one attached hydrogen (secondary N) is 1. The molecule has 0 bridgehead atoms. The van der Waals surface area contributed by atoms with Crippen molar-refractivity contribution in [1.29, 1.82) is 0 Å². The fourth-order valence-corrected chi connectivity index (χ4v) is 4.33. The highest BCUT2D eigenvalue weighted by molar-refractivity contribution is 5.68. The molecule has 4 heterocycles. The standard InChI is InChI=1S/C23H33N7O2/c1-5-6-10-28-11-9-19(15-28)32-23(31)29-12-7-18(8-13-29)27-22-26-17(4)25-21-20(16(2)3)14-24-30(21)22/h14,16,18-19H,7-13,15H2,1-4H3,(H,25,26,27)/t19-/m0/s1. The van der Waals surface area contributed by atoms with Crippen molar-refractivity contribution in [3.05, 3.63) is 17.6 Å². The molecule has 2 aromatic heterocycles. The van der Waals surface area contributed by atoms with E-state index in [1.54, 1.807) is 4.52 Å². The number of carbonyl (C=O) groups excluding carboxylic acids is 1. The lowest BCUT2D eigenvalue weighted by molar-refractivity contribution is 0.0603. The first-order valence-corrected chi connectivity index (χ1v) is 11.5. The molecule has 0 spiro atoms. The lowest BCUT2D eigenvalue weighted by atomic mass is 10.1. The summed E-state index contributed by atoms with van der Waals surface area (Å²) >= 11 is 0. The predicted molar refractivity (Wildman–Crippen MR) is 123 cm³/mol. The summed E-state index contributed by atoms with van der Waals surface area (Å²) in [6.45, 7) is 11.8. The van der Waals surface area contributed by atoms with E-state index >= 15 is 0 Å². The average molecular weight is 440 g/mol. The van der Waals surface area contributed by atoms with Crippen LogP contribution in [0.4, 0.5) is 10.7 Å². The number of piperidine rings is 1. The Morgan fingerprint density at radius 3 is 2.75 bits per heavy atom. The minimum atomic E-state index is -0.203. The third kappa shape index (κ3) is 4.96. The van der Waals surface area contributed by atoms with Crippen LogP contribution in [0.15, 0.2) is 6.20 Å². The minimum absolute atomic E-state index is 0.0377. The van der Waals surface area contributed by atoms with Crippen molar-refractivity contribution >= 4 is 17.7 Å². The van der Waals surface area contributed by atoms with E-state index in [0.717, 1.165) is 55.9 Å². The Bertz CT molecular complexity index is 1010. The van der Waals surface area contributed by atoms with Crippen molar-refractivity contribution in [1.82, 2.24) is 29.4 Å². The van der Waals surface area contributed by atoms with E-state index in [1.807, 2.05) is 24.9 Å². The van der Waals surface area contributed by atoms with Crippen LogP contribution in [0.25, 0.3) is 5.65 Å². The van der Waals surface area contributed by atoms with Crippen LogP contribution in [0.1, 0.15) is 57.3 Å². The highest BCUT2D eigenvalue weighted by Gasteiger charge is 2.29. The van der Waals surface area contributed by atoms with Gasteiger partial charge in [-0.3, -0.25) is 4.90 Å². The quantitative estimate of drug-likeness (QED) is 0.717. The molecule has 9 heteroatoms. The molecule has 0 unspecified atom stereocenters. The monoisotopic (exact) mass is 439 g/mol. The Hall–Kier alpha value is -2.86. The molecule has 1 amide bonds. The predicted octanol–water partition coefficient (Wildman–Crippen LogP) is 2.67. The highest BCUT2D eigenvalue weighted by Crippen LogP contribution is 2.23. The number of ether oxygens (including phenoxy) is 1. The molecule has 2 aromatic rings. The van der Waals surface area contributed by atoms with Gasteiger partial charge in [0.15, 0.2) is 5.65 Å². The molecule has 32 heavy (non-hydrogen) atoms. The minimum Gasteiger partial charge on any atom is -0.445 e. The first-order chi connectivity index (χ1) is 15.4. The van der Waals surface area contributed by atoms with Crippen LogP contribution in [-0.4, -0.2) is 80.3 Å². The van der Waals surface area contributed by atoms with Crippen molar-refractivity contribution in [2.24, 2.45) is 0 Å². The van der Waals surface area contributed by atoms with E-state index in [4.69, 9.17) is 4.74 Å². The van der Waals surface area contributed by atoms with E-state index in [9.17, 15) is 4.79 Å². The number of hydrogen-bond donors (Lipinski definition) is 1. The number of amides is 1. The Morgan fingerprint density at radius 1 is 1.25 bits per heavy atom. The van der Waals surface area contributed by atoms with Crippen molar-refractivity contribution < 1.29 is 9.53 Å². The number of nitrogens with zero attached hydrogens (tertiary/aromatic N) is 6. The summed E-state index contributed by atoms with van der Waals surface area (Å²) in [4.78, 5) is 25.8. The molecule has 0 radical (unpaired) electrons. The molecule has 2 aliphatic rings. The van der Waals surface area contributed by atoms with Gasteiger partial charge in [-0.25, -0.2) is 9.78 Å². The van der Waals surface area contributed by atoms with Gasteiger partial charge in [-0.2, -0.15) is 14.6 Å². The molecule has 4 rings (SSSR count). The zero-order valence-corrected chi connectivity index (χ0v) is 19.5. The molecular weight excluding hydrogens is 406 g/mol. The zero-order chi connectivity index (χ0) is 22.7. The Morgan fingerprint density at radius 2 is 2.03 bits per heavy atom. The fourth-order valence-electron chi connectivity index (χ4n) is 4.33. The molecular formula is C23H33N7O2. The molecule has 2 fully saturated rings. The second-order valence-corrected chi connectivity index (χ2v) is 8.95. The van der Waals surface area contributed by atoms with Crippen LogP contribution in [0.2, 0.25) is 0 Å². The molecule has 1 N–H and O–H groups in total. The number of likely N-dealkylation sites (tertiary alicyclic amines) is 2. The summed E-state index contributed by atoms with van der Waals surface area (Å²) in [5.74, 6) is 7.77. The van der Waals surface area contributed by atoms with Crippen LogP contribution in [0, 0.1) is 18.8 Å². The Balaban J connectivity index is 1.31. The number of fused-ring (bicyclic) bond motifs is 1. The van der Waals surface area contributed by atoms with E-state index < -0.39 is 0 Å². The van der Waals surface area contributed by atoms with Gasteiger partial charge in [0.05, 0.1) is 12.7 Å². The molecule has 0 aliphatic carbocycles. The number of aromatic nitrogens is 4. The van der Waals surface area contributed by atoms with Gasteiger partial charge in [-0.05, 0) is 39.0 Å². The van der Waals surface area contributed by atoms with Crippen molar-refractivity contribution in [2.75, 3.05) is 38.0 Å². The molecule has 2 aliphatic heterocycles. The van der Waals surface area contributed by atoms with Gasteiger partial charge in [0, 0.05) is 37.8 Å². The van der Waals surface area contributed by atoms with Gasteiger partial charge >= 0.3 is 6.09 Å². The van der Waals surface area contributed by atoms with Gasteiger partial charge in [0.1, 0.15) is 11.9 Å². The molecule has 172 valence electrons. The van der Waals surface area contributed by atoms with Crippen LogP contribution in [0.5, 0.6) is 0 Å². The van der Waals surface area contributed by atoms with Crippen molar-refractivity contribution in [3.63, 3.8) is 0 Å². The zero-order valence-electron chi connectivity index (χ0n) is 19.5. The molecule has 0 aromatic carbocycles. The van der Waals surface area contributed by atoms with Crippen LogP contribution < -0.4 is 5.32 Å². The van der Waals surface area contributed by atoms with E-state index in [0.29, 0.717) is 25.0 Å². The number of aryl methyl sites for hydroxylation is 1. The van der Waals surface area contributed by atoms with Gasteiger partial charge in [-0.1, -0.05) is 19.8 Å². The van der Waals surface area contributed by atoms with Gasteiger partial charge < -0.3 is 15.0 Å². The summed E-state index contributed by atoms with van der Waals surface area (Å²) in [6, 6.07) is 0.220. The molecule has 9 nitrogen and oxygen atoms in total.